The monoisotopic (exact) mass is 291 g/mol. The summed E-state index contributed by atoms with van der Waals surface area (Å²) in [7, 11) is 3.97. The van der Waals surface area contributed by atoms with Gasteiger partial charge in [0.1, 0.15) is 0 Å². The Morgan fingerprint density at radius 1 is 1.39 bits per heavy atom. The van der Waals surface area contributed by atoms with Gasteiger partial charge in [0.15, 0.2) is 0 Å². The Labute approximate surface area is 116 Å². The minimum Gasteiger partial charge on any atom is -0.353 e. The molecule has 6 N–H and O–H groups in total. The number of hydrogen-bond donors (Lipinski definition) is 4. The molecular weight excluding hydrogens is 268 g/mol. The lowest BCUT2D eigenvalue weighted by molar-refractivity contribution is -0.456. The second kappa shape index (κ2) is 9.38. The lowest BCUT2D eigenvalue weighted by Gasteiger charge is -2.06. The second-order valence-corrected chi connectivity index (χ2v) is 7.09. The first-order valence-electron chi connectivity index (χ1n) is 6.35. The number of unbranched alkanes of at least 4 members (excludes halogenated alkanes) is 1. The summed E-state index contributed by atoms with van der Waals surface area (Å²) in [5.41, 5.74) is 10.5. The zero-order valence-corrected chi connectivity index (χ0v) is 12.2. The van der Waals surface area contributed by atoms with Crippen molar-refractivity contribution in [3.8, 4) is 0 Å². The molecule has 1 fully saturated rings. The number of hydrogen-bond acceptors (Lipinski definition) is 3. The van der Waals surface area contributed by atoms with E-state index in [1.807, 2.05) is 21.6 Å². The molecule has 1 amide bonds. The topological polar surface area (TPSA) is 95.1 Å². The zero-order valence-electron chi connectivity index (χ0n) is 10.6. The molecule has 0 saturated carbocycles. The molecule has 104 valence electrons. The number of guanidine groups is 1. The van der Waals surface area contributed by atoms with Gasteiger partial charge in [-0.05, 0) is 19.3 Å². The van der Waals surface area contributed by atoms with Crippen molar-refractivity contribution in [2.24, 2.45) is 11.5 Å². The molecule has 18 heavy (non-hydrogen) atoms. The zero-order chi connectivity index (χ0) is 13.2. The van der Waals surface area contributed by atoms with Gasteiger partial charge >= 0.3 is 5.96 Å². The normalized spacial score (nSPS) is 18.6. The number of nitrogens with one attached hydrogen (secondary N) is 2. The van der Waals surface area contributed by atoms with Gasteiger partial charge in [-0.1, -0.05) is 28.0 Å². The van der Waals surface area contributed by atoms with E-state index in [4.69, 9.17) is 11.5 Å². The van der Waals surface area contributed by atoms with E-state index >= 15 is 0 Å². The van der Waals surface area contributed by atoms with Crippen LogP contribution >= 0.6 is 21.6 Å². The van der Waals surface area contributed by atoms with Crippen molar-refractivity contribution in [3.05, 3.63) is 0 Å². The summed E-state index contributed by atoms with van der Waals surface area (Å²) in [6.45, 7) is 1.13. The van der Waals surface area contributed by atoms with Crippen LogP contribution in [0, 0.1) is 0 Å². The second-order valence-electron chi connectivity index (χ2n) is 4.31. The minimum absolute atomic E-state index is 0.112. The summed E-state index contributed by atoms with van der Waals surface area (Å²) < 4.78 is 0. The van der Waals surface area contributed by atoms with E-state index in [-0.39, 0.29) is 11.9 Å². The molecular formula is C11H23N4OS2+. The van der Waals surface area contributed by atoms with Crippen molar-refractivity contribution in [1.29, 1.82) is 0 Å². The summed E-state index contributed by atoms with van der Waals surface area (Å²) in [6, 6.07) is 0. The van der Waals surface area contributed by atoms with Crippen LogP contribution in [-0.4, -0.2) is 36.0 Å². The molecule has 7 heteroatoms. The molecule has 0 aromatic rings. The maximum absolute atomic E-state index is 11.5. The highest BCUT2D eigenvalue weighted by molar-refractivity contribution is 8.77. The first-order valence-corrected chi connectivity index (χ1v) is 8.73. The molecule has 1 aliphatic rings. The van der Waals surface area contributed by atoms with Crippen LogP contribution in [0.4, 0.5) is 0 Å². The largest absolute Gasteiger partial charge is 0.353 e. The summed E-state index contributed by atoms with van der Waals surface area (Å²) in [5, 5.41) is 3.64. The molecule has 0 bridgehead atoms. The third kappa shape index (κ3) is 7.71. The highest BCUT2D eigenvalue weighted by atomic mass is 33.1. The van der Waals surface area contributed by atoms with Crippen molar-refractivity contribution in [1.82, 2.24) is 5.32 Å². The Kier molecular flexibility index (Phi) is 8.08. The molecule has 0 radical (unpaired) electrons. The summed E-state index contributed by atoms with van der Waals surface area (Å²) in [6.07, 6.45) is 5.31. The average molecular weight is 291 g/mol. The quantitative estimate of drug-likeness (QED) is 0.203. The average Bonchev–Trinajstić information content (AvgIpc) is 2.83. The molecule has 0 spiro atoms. The molecule has 1 saturated heterocycles. The van der Waals surface area contributed by atoms with E-state index in [9.17, 15) is 4.79 Å². The van der Waals surface area contributed by atoms with Crippen LogP contribution in [0.1, 0.15) is 32.1 Å². The summed E-state index contributed by atoms with van der Waals surface area (Å²) in [4.78, 5) is 14.2. The third-order valence-electron chi connectivity index (χ3n) is 2.68. The van der Waals surface area contributed by atoms with Crippen molar-refractivity contribution < 1.29 is 9.79 Å². The fourth-order valence-corrected chi connectivity index (χ4v) is 4.75. The third-order valence-corrected chi connectivity index (χ3v) is 5.69. The van der Waals surface area contributed by atoms with Gasteiger partial charge in [0, 0.05) is 24.0 Å². The standard InChI is InChI=1S/C11H22N4OS2/c12-11(13)15-7-6-14-10(16)4-2-1-3-9-5-8-17-18-9/h9H,1-8H2,(H,14,16)(H4,12,13,15)/p+1. The summed E-state index contributed by atoms with van der Waals surface area (Å²) in [5.74, 6) is 1.58. The van der Waals surface area contributed by atoms with Crippen LogP contribution in [0.2, 0.25) is 0 Å². The number of carbonyl (C=O) groups excluding carboxylic acids is 1. The van der Waals surface area contributed by atoms with Crippen LogP contribution < -0.4 is 21.8 Å². The van der Waals surface area contributed by atoms with Gasteiger partial charge in [0.25, 0.3) is 0 Å². The number of rotatable bonds is 8. The number of nitrogens with two attached hydrogens (primary N) is 2. The Hall–Kier alpha value is -0.560. The van der Waals surface area contributed by atoms with Crippen LogP contribution in [0.3, 0.4) is 0 Å². The van der Waals surface area contributed by atoms with Gasteiger partial charge in [-0.15, -0.1) is 0 Å². The lowest BCUT2D eigenvalue weighted by atomic mass is 10.1. The molecule has 1 heterocycles. The van der Waals surface area contributed by atoms with Gasteiger partial charge in [0.2, 0.25) is 5.91 Å². The van der Waals surface area contributed by atoms with Crippen molar-refractivity contribution >= 4 is 33.5 Å². The van der Waals surface area contributed by atoms with Crippen LogP contribution in [-0.2, 0) is 4.79 Å². The molecule has 1 atom stereocenters. The van der Waals surface area contributed by atoms with E-state index in [1.54, 1.807) is 0 Å². The minimum atomic E-state index is 0.112. The predicted octanol–water partition coefficient (Wildman–Crippen LogP) is -0.829. The molecule has 1 unspecified atom stereocenters. The van der Waals surface area contributed by atoms with E-state index < -0.39 is 0 Å². The predicted molar refractivity (Wildman–Crippen MR) is 79.1 cm³/mol. The Morgan fingerprint density at radius 3 is 2.89 bits per heavy atom. The maximum atomic E-state index is 11.5. The molecule has 1 aliphatic heterocycles. The molecule has 0 aliphatic carbocycles. The molecule has 5 nitrogen and oxygen atoms in total. The Bertz CT molecular complexity index is 276. The van der Waals surface area contributed by atoms with Gasteiger partial charge in [0.05, 0.1) is 6.54 Å². The van der Waals surface area contributed by atoms with Crippen LogP contribution in [0.15, 0.2) is 0 Å². The lowest BCUT2D eigenvalue weighted by Crippen LogP contribution is -2.79. The van der Waals surface area contributed by atoms with Crippen LogP contribution in [0.25, 0.3) is 0 Å². The van der Waals surface area contributed by atoms with E-state index in [0.717, 1.165) is 18.1 Å². The smallest absolute Gasteiger partial charge is 0.338 e. The summed E-state index contributed by atoms with van der Waals surface area (Å²) >= 11 is 0. The van der Waals surface area contributed by atoms with Gasteiger partial charge < -0.3 is 5.32 Å². The Balaban J connectivity index is 1.91. The van der Waals surface area contributed by atoms with Gasteiger partial charge in [-0.3, -0.25) is 21.3 Å². The van der Waals surface area contributed by atoms with Crippen molar-refractivity contribution in [2.75, 3.05) is 18.8 Å². The Morgan fingerprint density at radius 2 is 2.22 bits per heavy atom. The highest BCUT2D eigenvalue weighted by Gasteiger charge is 2.15. The SMILES string of the molecule is NC(N)=[NH+]CCNC(=O)CCCCC1CCSS1. The van der Waals surface area contributed by atoms with Crippen molar-refractivity contribution in [3.63, 3.8) is 0 Å². The fraction of sp³-hybridized carbons (Fsp3) is 0.818. The van der Waals surface area contributed by atoms with Gasteiger partial charge in [-0.25, -0.2) is 0 Å². The number of carbonyl (C=O) groups is 1. The first-order chi connectivity index (χ1) is 8.68. The van der Waals surface area contributed by atoms with E-state index in [1.165, 1.54) is 18.6 Å². The van der Waals surface area contributed by atoms with Crippen molar-refractivity contribution in [2.45, 2.75) is 37.4 Å². The van der Waals surface area contributed by atoms with Gasteiger partial charge in [-0.2, -0.15) is 0 Å². The molecule has 0 aromatic carbocycles. The fourth-order valence-electron chi connectivity index (χ4n) is 1.72. The van der Waals surface area contributed by atoms with E-state index in [0.29, 0.717) is 19.5 Å². The van der Waals surface area contributed by atoms with E-state index in [2.05, 4.69) is 10.3 Å². The molecule has 1 rings (SSSR count). The highest BCUT2D eigenvalue weighted by Crippen LogP contribution is 2.39. The first kappa shape index (κ1) is 15.5. The van der Waals surface area contributed by atoms with Crippen LogP contribution in [0.5, 0.6) is 0 Å². The maximum Gasteiger partial charge on any atom is 0.338 e. The molecule has 0 aromatic heterocycles. The number of amides is 1.